The van der Waals surface area contributed by atoms with Gasteiger partial charge in [-0.25, -0.2) is 13.2 Å². The van der Waals surface area contributed by atoms with Gasteiger partial charge in [0.2, 0.25) is 0 Å². The van der Waals surface area contributed by atoms with Gasteiger partial charge in [0, 0.05) is 30.2 Å². The van der Waals surface area contributed by atoms with Gasteiger partial charge in [-0.2, -0.15) is 0 Å². The highest BCUT2D eigenvalue weighted by molar-refractivity contribution is 9.09. The summed E-state index contributed by atoms with van der Waals surface area (Å²) in [6.45, 7) is 2.57. The smallest absolute Gasteiger partial charge is 0.133 e. The Hall–Kier alpha value is -0.550. The van der Waals surface area contributed by atoms with Gasteiger partial charge in [0.1, 0.15) is 17.5 Å². The fourth-order valence-corrected chi connectivity index (χ4v) is 3.49. The van der Waals surface area contributed by atoms with Crippen molar-refractivity contribution < 1.29 is 17.9 Å². The molecule has 2 rings (SSSR count). The van der Waals surface area contributed by atoms with Gasteiger partial charge in [-0.15, -0.1) is 0 Å². The third-order valence-corrected chi connectivity index (χ3v) is 4.50. The van der Waals surface area contributed by atoms with E-state index in [0.717, 1.165) is 12.8 Å². The number of hydrogen-bond donors (Lipinski definition) is 0. The van der Waals surface area contributed by atoms with Crippen molar-refractivity contribution in [2.24, 2.45) is 5.92 Å². The van der Waals surface area contributed by atoms with E-state index in [9.17, 15) is 13.2 Å². The zero-order chi connectivity index (χ0) is 13.3. The first-order chi connectivity index (χ1) is 8.54. The van der Waals surface area contributed by atoms with Crippen LogP contribution in [0.25, 0.3) is 0 Å². The van der Waals surface area contributed by atoms with Gasteiger partial charge in [-0.1, -0.05) is 22.9 Å². The van der Waals surface area contributed by atoms with Crippen molar-refractivity contribution in [1.82, 2.24) is 0 Å². The summed E-state index contributed by atoms with van der Waals surface area (Å²) in [7, 11) is 0. The van der Waals surface area contributed by atoms with Crippen molar-refractivity contribution in [3.8, 4) is 0 Å². The maximum Gasteiger partial charge on any atom is 0.133 e. The number of alkyl halides is 1. The molecule has 18 heavy (non-hydrogen) atoms. The minimum atomic E-state index is -0.900. The first-order valence-corrected chi connectivity index (χ1v) is 6.86. The van der Waals surface area contributed by atoms with Crippen LogP contribution in [-0.2, 0) is 4.74 Å². The molecule has 1 aliphatic heterocycles. The second-order valence-corrected chi connectivity index (χ2v) is 5.44. The molecule has 0 amide bonds. The molecule has 3 unspecified atom stereocenters. The summed E-state index contributed by atoms with van der Waals surface area (Å²) >= 11 is 3.34. The van der Waals surface area contributed by atoms with Gasteiger partial charge in [-0.3, -0.25) is 0 Å². The lowest BCUT2D eigenvalue weighted by Gasteiger charge is -2.23. The van der Waals surface area contributed by atoms with Crippen molar-refractivity contribution in [2.75, 3.05) is 6.61 Å². The highest BCUT2D eigenvalue weighted by atomic mass is 79.9. The molecule has 1 fully saturated rings. The number of benzene rings is 1. The van der Waals surface area contributed by atoms with E-state index in [1.165, 1.54) is 0 Å². The molecule has 0 aliphatic carbocycles. The molecule has 0 radical (unpaired) electrons. The molecule has 0 spiro atoms. The highest BCUT2D eigenvalue weighted by Crippen LogP contribution is 2.42. The minimum absolute atomic E-state index is 0.00413. The van der Waals surface area contributed by atoms with Gasteiger partial charge >= 0.3 is 0 Å². The first kappa shape index (κ1) is 13.9. The van der Waals surface area contributed by atoms with Crippen LogP contribution in [-0.4, -0.2) is 12.7 Å². The van der Waals surface area contributed by atoms with Crippen LogP contribution in [0.4, 0.5) is 13.2 Å². The third-order valence-electron chi connectivity index (χ3n) is 3.36. The summed E-state index contributed by atoms with van der Waals surface area (Å²) in [5, 5.41) is 0. The number of halogens is 4. The summed E-state index contributed by atoms with van der Waals surface area (Å²) in [5.74, 6) is -2.60. The molecule has 0 N–H and O–H groups in total. The molecule has 1 nitrogen and oxygen atoms in total. The molecule has 3 atom stereocenters. The molecule has 0 saturated carbocycles. The Kier molecular flexibility index (Phi) is 4.33. The fourth-order valence-electron chi connectivity index (χ4n) is 2.45. The van der Waals surface area contributed by atoms with E-state index in [-0.39, 0.29) is 17.6 Å². The minimum Gasteiger partial charge on any atom is -0.378 e. The van der Waals surface area contributed by atoms with E-state index < -0.39 is 22.3 Å². The molecule has 1 aromatic rings. The predicted octanol–water partition coefficient (Wildman–Crippen LogP) is 4.36. The van der Waals surface area contributed by atoms with Crippen molar-refractivity contribution in [2.45, 2.75) is 30.7 Å². The van der Waals surface area contributed by atoms with Crippen molar-refractivity contribution in [1.29, 1.82) is 0 Å². The van der Waals surface area contributed by atoms with Crippen molar-refractivity contribution >= 4 is 15.9 Å². The molecule has 0 bridgehead atoms. The second-order valence-electron chi connectivity index (χ2n) is 4.45. The number of ether oxygens (including phenoxy) is 1. The average Bonchev–Trinajstić information content (AvgIpc) is 2.75. The molecule has 100 valence electrons. The molecule has 1 heterocycles. The Morgan fingerprint density at radius 1 is 1.33 bits per heavy atom. The average molecular weight is 323 g/mol. The van der Waals surface area contributed by atoms with Gasteiger partial charge < -0.3 is 4.74 Å². The van der Waals surface area contributed by atoms with Crippen LogP contribution in [0.5, 0.6) is 0 Å². The quantitative estimate of drug-likeness (QED) is 0.751. The molecule has 5 heteroatoms. The zero-order valence-corrected chi connectivity index (χ0v) is 11.5. The highest BCUT2D eigenvalue weighted by Gasteiger charge is 2.35. The van der Waals surface area contributed by atoms with Crippen LogP contribution in [0, 0.1) is 23.4 Å². The van der Waals surface area contributed by atoms with E-state index in [0.29, 0.717) is 18.7 Å². The van der Waals surface area contributed by atoms with Crippen LogP contribution in [0.2, 0.25) is 0 Å². The largest absolute Gasteiger partial charge is 0.378 e. The first-order valence-electron chi connectivity index (χ1n) is 5.94. The van der Waals surface area contributed by atoms with Gasteiger partial charge in [0.25, 0.3) is 0 Å². The van der Waals surface area contributed by atoms with Crippen LogP contribution in [0.15, 0.2) is 12.1 Å². The number of rotatable bonds is 3. The molecular formula is C13H14BrF3O. The normalized spacial score (nSPS) is 25.4. The second kappa shape index (κ2) is 5.61. The Morgan fingerprint density at radius 2 is 1.94 bits per heavy atom. The summed E-state index contributed by atoms with van der Waals surface area (Å²) in [5.41, 5.74) is -0.106. The van der Waals surface area contributed by atoms with E-state index in [1.54, 1.807) is 0 Å². The van der Waals surface area contributed by atoms with Crippen LogP contribution in [0.3, 0.4) is 0 Å². The lowest BCUT2D eigenvalue weighted by atomic mass is 9.91. The Morgan fingerprint density at radius 3 is 2.50 bits per heavy atom. The summed E-state index contributed by atoms with van der Waals surface area (Å²) in [6.07, 6.45) is 1.51. The van der Waals surface area contributed by atoms with Crippen molar-refractivity contribution in [3.05, 3.63) is 35.1 Å². The Bertz CT molecular complexity index is 415. The van der Waals surface area contributed by atoms with E-state index in [1.807, 2.05) is 6.92 Å². The number of hydrogen-bond acceptors (Lipinski definition) is 1. The molecule has 0 aromatic heterocycles. The lowest BCUT2D eigenvalue weighted by molar-refractivity contribution is 0.0869. The topological polar surface area (TPSA) is 9.23 Å². The predicted molar refractivity (Wildman–Crippen MR) is 66.1 cm³/mol. The standard InChI is InChI=1S/C13H14BrF3O/c1-2-11-8(3-4-18-11)13(14)12-9(16)5-7(15)6-10(12)17/h5-6,8,11,13H,2-4H2,1H3. The fraction of sp³-hybridized carbons (Fsp3) is 0.538. The Balaban J connectivity index is 2.31. The van der Waals surface area contributed by atoms with E-state index >= 15 is 0 Å². The Labute approximate surface area is 112 Å². The lowest BCUT2D eigenvalue weighted by Crippen LogP contribution is -2.20. The maximum atomic E-state index is 13.7. The van der Waals surface area contributed by atoms with Gasteiger partial charge in [-0.05, 0) is 12.8 Å². The van der Waals surface area contributed by atoms with E-state index in [4.69, 9.17) is 4.74 Å². The molecule has 1 saturated heterocycles. The third kappa shape index (κ3) is 2.57. The summed E-state index contributed by atoms with van der Waals surface area (Å²) in [6, 6.07) is 1.42. The summed E-state index contributed by atoms with van der Waals surface area (Å²) in [4.78, 5) is -0.495. The SMILES string of the molecule is CCC1OCCC1C(Br)c1c(F)cc(F)cc1F. The van der Waals surface area contributed by atoms with Gasteiger partial charge in [0.15, 0.2) is 0 Å². The van der Waals surface area contributed by atoms with Gasteiger partial charge in [0.05, 0.1) is 10.9 Å². The maximum absolute atomic E-state index is 13.7. The van der Waals surface area contributed by atoms with E-state index in [2.05, 4.69) is 15.9 Å². The van der Waals surface area contributed by atoms with Crippen LogP contribution in [0.1, 0.15) is 30.2 Å². The van der Waals surface area contributed by atoms with Crippen LogP contribution < -0.4 is 0 Å². The molecule has 1 aromatic carbocycles. The molecular weight excluding hydrogens is 309 g/mol. The monoisotopic (exact) mass is 322 g/mol. The van der Waals surface area contributed by atoms with Crippen molar-refractivity contribution in [3.63, 3.8) is 0 Å². The zero-order valence-electron chi connectivity index (χ0n) is 9.93. The summed E-state index contributed by atoms with van der Waals surface area (Å²) < 4.78 is 45.8. The molecule has 1 aliphatic rings. The van der Waals surface area contributed by atoms with Crippen LogP contribution >= 0.6 is 15.9 Å².